The van der Waals surface area contributed by atoms with Crippen LogP contribution in [-0.4, -0.2) is 40.5 Å². The van der Waals surface area contributed by atoms with Crippen molar-refractivity contribution >= 4 is 29.2 Å². The first-order valence-corrected chi connectivity index (χ1v) is 8.34. The second-order valence-electron chi connectivity index (χ2n) is 6.50. The van der Waals surface area contributed by atoms with Crippen LogP contribution in [0.4, 0.5) is 0 Å². The summed E-state index contributed by atoms with van der Waals surface area (Å²) in [5.74, 6) is 0.162. The van der Waals surface area contributed by atoms with Gasteiger partial charge in [0.25, 0.3) is 0 Å². The van der Waals surface area contributed by atoms with Gasteiger partial charge in [-0.15, -0.1) is 12.4 Å². The molecule has 5 nitrogen and oxygen atoms in total. The van der Waals surface area contributed by atoms with Crippen molar-refractivity contribution in [2.45, 2.75) is 37.9 Å². The Kier molecular flexibility index (Phi) is 4.92. The molecule has 0 radical (unpaired) electrons. The summed E-state index contributed by atoms with van der Waals surface area (Å²) in [6, 6.07) is 9.72. The summed E-state index contributed by atoms with van der Waals surface area (Å²) >= 11 is 0. The highest BCUT2D eigenvalue weighted by molar-refractivity contribution is 5.85. The molecule has 2 atom stereocenters. The SMILES string of the molecule is Cl.O=C(Cn1ccc(=O)c2ccccc21)N1C2CCNCC1CC2. The number of benzene rings is 1. The number of nitrogens with zero attached hydrogens (tertiary/aromatic N) is 2. The smallest absolute Gasteiger partial charge is 0.243 e. The molecule has 0 aliphatic carbocycles. The number of para-hydroxylation sites is 1. The average molecular weight is 348 g/mol. The van der Waals surface area contributed by atoms with E-state index in [9.17, 15) is 9.59 Å². The van der Waals surface area contributed by atoms with Crippen LogP contribution >= 0.6 is 12.4 Å². The van der Waals surface area contributed by atoms with Crippen molar-refractivity contribution in [3.63, 3.8) is 0 Å². The van der Waals surface area contributed by atoms with Crippen LogP contribution in [0.2, 0.25) is 0 Å². The fourth-order valence-electron chi connectivity index (χ4n) is 4.01. The first-order chi connectivity index (χ1) is 11.2. The van der Waals surface area contributed by atoms with E-state index in [1.54, 1.807) is 12.3 Å². The average Bonchev–Trinajstić information content (AvgIpc) is 2.83. The summed E-state index contributed by atoms with van der Waals surface area (Å²) in [6.45, 7) is 2.19. The summed E-state index contributed by atoms with van der Waals surface area (Å²) in [6.07, 6.45) is 4.98. The van der Waals surface area contributed by atoms with Crippen LogP contribution in [-0.2, 0) is 11.3 Å². The third kappa shape index (κ3) is 2.94. The molecule has 0 spiro atoms. The van der Waals surface area contributed by atoms with Crippen LogP contribution in [0.3, 0.4) is 0 Å². The lowest BCUT2D eigenvalue weighted by atomic mass is 10.1. The maximum absolute atomic E-state index is 12.9. The lowest BCUT2D eigenvalue weighted by molar-refractivity contribution is -0.134. The Labute approximate surface area is 147 Å². The third-order valence-corrected chi connectivity index (χ3v) is 5.13. The Morgan fingerprint density at radius 1 is 1.12 bits per heavy atom. The molecule has 1 amide bonds. The normalized spacial score (nSPS) is 22.9. The number of nitrogens with one attached hydrogen (secondary N) is 1. The summed E-state index contributed by atoms with van der Waals surface area (Å²) in [5, 5.41) is 4.09. The topological polar surface area (TPSA) is 54.3 Å². The maximum Gasteiger partial charge on any atom is 0.243 e. The van der Waals surface area contributed by atoms with Crippen molar-refractivity contribution in [3.8, 4) is 0 Å². The zero-order chi connectivity index (χ0) is 15.8. The Balaban J connectivity index is 0.00000169. The van der Waals surface area contributed by atoms with Gasteiger partial charge in [-0.05, 0) is 37.9 Å². The summed E-state index contributed by atoms with van der Waals surface area (Å²) < 4.78 is 1.90. The van der Waals surface area contributed by atoms with Gasteiger partial charge in [-0.2, -0.15) is 0 Å². The van der Waals surface area contributed by atoms with E-state index in [0.29, 0.717) is 24.0 Å². The number of rotatable bonds is 2. The highest BCUT2D eigenvalue weighted by Gasteiger charge is 2.37. The van der Waals surface area contributed by atoms with E-state index in [0.717, 1.165) is 37.9 Å². The number of amides is 1. The van der Waals surface area contributed by atoms with Gasteiger partial charge >= 0.3 is 0 Å². The van der Waals surface area contributed by atoms with Gasteiger partial charge in [0.15, 0.2) is 5.43 Å². The monoisotopic (exact) mass is 347 g/mol. The minimum absolute atomic E-state index is 0. The summed E-state index contributed by atoms with van der Waals surface area (Å²) in [7, 11) is 0. The third-order valence-electron chi connectivity index (χ3n) is 5.13. The van der Waals surface area contributed by atoms with Crippen molar-refractivity contribution in [3.05, 3.63) is 46.8 Å². The molecule has 1 aromatic carbocycles. The molecule has 2 bridgehead atoms. The Morgan fingerprint density at radius 3 is 2.79 bits per heavy atom. The number of carbonyl (C=O) groups excluding carboxylic acids is 1. The van der Waals surface area contributed by atoms with E-state index in [1.165, 1.54) is 0 Å². The number of pyridine rings is 1. The largest absolute Gasteiger partial charge is 0.338 e. The van der Waals surface area contributed by atoms with Gasteiger partial charge in [-0.1, -0.05) is 12.1 Å². The van der Waals surface area contributed by atoms with E-state index >= 15 is 0 Å². The second kappa shape index (κ2) is 6.95. The molecular weight excluding hydrogens is 326 g/mol. The van der Waals surface area contributed by atoms with E-state index < -0.39 is 0 Å². The molecule has 6 heteroatoms. The van der Waals surface area contributed by atoms with Gasteiger partial charge in [0.1, 0.15) is 6.54 Å². The Hall–Kier alpha value is -1.85. The summed E-state index contributed by atoms with van der Waals surface area (Å²) in [4.78, 5) is 27.0. The molecular formula is C18H22ClN3O2. The van der Waals surface area contributed by atoms with E-state index in [4.69, 9.17) is 0 Å². The van der Waals surface area contributed by atoms with Crippen LogP contribution < -0.4 is 10.7 Å². The number of hydrogen-bond donors (Lipinski definition) is 1. The highest BCUT2D eigenvalue weighted by Crippen LogP contribution is 2.28. The molecule has 2 fully saturated rings. The molecule has 2 saturated heterocycles. The molecule has 24 heavy (non-hydrogen) atoms. The predicted molar refractivity (Wildman–Crippen MR) is 96.6 cm³/mol. The molecule has 2 unspecified atom stereocenters. The van der Waals surface area contributed by atoms with Gasteiger partial charge in [-0.25, -0.2) is 0 Å². The van der Waals surface area contributed by atoms with Gasteiger partial charge in [-0.3, -0.25) is 9.59 Å². The molecule has 2 aliphatic rings. The molecule has 0 saturated carbocycles. The Bertz CT molecular complexity index is 790. The molecule has 1 aromatic heterocycles. The highest BCUT2D eigenvalue weighted by atomic mass is 35.5. The van der Waals surface area contributed by atoms with Crippen LogP contribution in [0.25, 0.3) is 10.9 Å². The minimum atomic E-state index is 0. The van der Waals surface area contributed by atoms with Gasteiger partial charge in [0.05, 0.1) is 5.52 Å². The fourth-order valence-corrected chi connectivity index (χ4v) is 4.01. The van der Waals surface area contributed by atoms with Gasteiger partial charge in [0, 0.05) is 36.3 Å². The van der Waals surface area contributed by atoms with E-state index in [1.807, 2.05) is 28.8 Å². The lowest BCUT2D eigenvalue weighted by Crippen LogP contribution is -2.44. The van der Waals surface area contributed by atoms with Crippen molar-refractivity contribution in [1.82, 2.24) is 14.8 Å². The molecule has 2 aliphatic heterocycles. The number of halogens is 1. The van der Waals surface area contributed by atoms with Crippen molar-refractivity contribution < 1.29 is 4.79 Å². The predicted octanol–water partition coefficient (Wildman–Crippen LogP) is 1.78. The number of fused-ring (bicyclic) bond motifs is 3. The van der Waals surface area contributed by atoms with Crippen LogP contribution in [0.1, 0.15) is 19.3 Å². The maximum atomic E-state index is 12.9. The zero-order valence-electron chi connectivity index (χ0n) is 13.5. The zero-order valence-corrected chi connectivity index (χ0v) is 14.3. The van der Waals surface area contributed by atoms with E-state index in [2.05, 4.69) is 10.2 Å². The van der Waals surface area contributed by atoms with Crippen molar-refractivity contribution in [1.29, 1.82) is 0 Å². The van der Waals surface area contributed by atoms with Gasteiger partial charge < -0.3 is 14.8 Å². The minimum Gasteiger partial charge on any atom is -0.338 e. The van der Waals surface area contributed by atoms with Crippen molar-refractivity contribution in [2.75, 3.05) is 13.1 Å². The summed E-state index contributed by atoms with van der Waals surface area (Å²) in [5.41, 5.74) is 0.831. The first kappa shape index (κ1) is 17.0. The second-order valence-corrected chi connectivity index (χ2v) is 6.50. The number of aromatic nitrogens is 1. The molecule has 4 rings (SSSR count). The molecule has 1 N–H and O–H groups in total. The van der Waals surface area contributed by atoms with Crippen LogP contribution in [0.15, 0.2) is 41.3 Å². The Morgan fingerprint density at radius 2 is 1.92 bits per heavy atom. The lowest BCUT2D eigenvalue weighted by Gasteiger charge is -2.28. The van der Waals surface area contributed by atoms with Crippen molar-refractivity contribution in [2.24, 2.45) is 0 Å². The number of hydrogen-bond acceptors (Lipinski definition) is 3. The first-order valence-electron chi connectivity index (χ1n) is 8.34. The molecule has 2 aromatic rings. The van der Waals surface area contributed by atoms with Crippen LogP contribution in [0, 0.1) is 0 Å². The standard InChI is InChI=1S/C18H21N3O2.ClH/c22-17-8-10-20(16-4-2-1-3-15(16)17)12-18(23)21-13-5-6-14(21)11-19-9-7-13;/h1-4,8,10,13-14,19H,5-7,9,11-12H2;1H. The van der Waals surface area contributed by atoms with E-state index in [-0.39, 0.29) is 23.7 Å². The molecule has 128 valence electrons. The quantitative estimate of drug-likeness (QED) is 0.901. The fraction of sp³-hybridized carbons (Fsp3) is 0.444. The number of carbonyl (C=O) groups is 1. The van der Waals surface area contributed by atoms with Crippen LogP contribution in [0.5, 0.6) is 0 Å². The van der Waals surface area contributed by atoms with Gasteiger partial charge in [0.2, 0.25) is 5.91 Å². The molecule has 3 heterocycles.